The summed E-state index contributed by atoms with van der Waals surface area (Å²) < 4.78 is 44.4. The molecular weight excluding hydrogens is 397 g/mol. The van der Waals surface area contributed by atoms with E-state index in [9.17, 15) is 13.2 Å². The van der Waals surface area contributed by atoms with Crippen molar-refractivity contribution >= 4 is 33.6 Å². The van der Waals surface area contributed by atoms with Crippen LogP contribution < -0.4 is 10.1 Å². The Morgan fingerprint density at radius 1 is 1.03 bits per heavy atom. The fourth-order valence-electron chi connectivity index (χ4n) is 3.10. The van der Waals surface area contributed by atoms with Gasteiger partial charge in [0.15, 0.2) is 0 Å². The van der Waals surface area contributed by atoms with Gasteiger partial charge in [0.25, 0.3) is 0 Å². The van der Waals surface area contributed by atoms with E-state index in [-0.39, 0.29) is 5.52 Å². The second-order valence-corrected chi connectivity index (χ2v) is 7.56. The van der Waals surface area contributed by atoms with Crippen molar-refractivity contribution in [3.05, 3.63) is 71.2 Å². The zero-order valence-corrected chi connectivity index (χ0v) is 16.5. The molecule has 0 aliphatic rings. The molecule has 0 unspecified atom stereocenters. The third-order valence-electron chi connectivity index (χ3n) is 4.51. The van der Waals surface area contributed by atoms with Crippen molar-refractivity contribution in [1.29, 1.82) is 0 Å². The molecule has 4 aromatic rings. The highest BCUT2D eigenvalue weighted by atomic mass is 32.1. The van der Waals surface area contributed by atoms with Crippen LogP contribution in [0.1, 0.15) is 11.1 Å². The summed E-state index contributed by atoms with van der Waals surface area (Å²) in [4.78, 5) is 5.21. The summed E-state index contributed by atoms with van der Waals surface area (Å²) in [5.41, 5.74) is 3.20. The van der Waals surface area contributed by atoms with Crippen LogP contribution in [0, 0.1) is 6.92 Å². The van der Waals surface area contributed by atoms with E-state index < -0.39 is 11.7 Å². The highest BCUT2D eigenvalue weighted by Gasteiger charge is 2.30. The number of nitrogens with zero attached hydrogens (tertiary/aromatic N) is 1. The van der Waals surface area contributed by atoms with Crippen LogP contribution in [0.15, 0.2) is 60.1 Å². The molecule has 0 saturated heterocycles. The topological polar surface area (TPSA) is 34.1 Å². The fraction of sp³-hybridized carbons (Fsp3) is 0.136. The van der Waals surface area contributed by atoms with Gasteiger partial charge in [-0.3, -0.25) is 4.98 Å². The molecule has 0 aliphatic carbocycles. The normalized spacial score (nSPS) is 11.6. The summed E-state index contributed by atoms with van der Waals surface area (Å²) in [7, 11) is 1.60. The Morgan fingerprint density at radius 3 is 2.55 bits per heavy atom. The van der Waals surface area contributed by atoms with E-state index in [4.69, 9.17) is 4.74 Å². The quantitative estimate of drug-likeness (QED) is 0.389. The first-order valence-electron chi connectivity index (χ1n) is 8.81. The van der Waals surface area contributed by atoms with Crippen LogP contribution in [0.3, 0.4) is 0 Å². The van der Waals surface area contributed by atoms with Crippen molar-refractivity contribution < 1.29 is 17.9 Å². The van der Waals surface area contributed by atoms with E-state index in [0.717, 1.165) is 28.3 Å². The van der Waals surface area contributed by atoms with Gasteiger partial charge in [0.1, 0.15) is 5.75 Å². The Morgan fingerprint density at radius 2 is 1.86 bits per heavy atom. The average molecular weight is 414 g/mol. The Balaban J connectivity index is 1.75. The molecule has 2 aromatic heterocycles. The van der Waals surface area contributed by atoms with Gasteiger partial charge in [-0.05, 0) is 59.8 Å². The number of aromatic nitrogens is 1. The number of ether oxygens (including phenoxy) is 1. The van der Waals surface area contributed by atoms with Gasteiger partial charge < -0.3 is 10.1 Å². The van der Waals surface area contributed by atoms with E-state index in [0.29, 0.717) is 16.8 Å². The first-order valence-corrected chi connectivity index (χ1v) is 9.69. The van der Waals surface area contributed by atoms with Crippen LogP contribution in [0.25, 0.3) is 21.3 Å². The molecule has 0 spiro atoms. The van der Waals surface area contributed by atoms with Crippen molar-refractivity contribution in [2.45, 2.75) is 13.1 Å². The standard InChI is InChI=1S/C22H17F3N2OS/c1-13-7-21(29-12-13)14-8-16(11-17(9-14)28-2)27-19-5-6-26-20-10-15(22(23,24)25)3-4-18(19)20/h3-12H,1-2H3,(H,26,27). The highest BCUT2D eigenvalue weighted by molar-refractivity contribution is 7.13. The van der Waals surface area contributed by atoms with Crippen molar-refractivity contribution in [3.8, 4) is 16.2 Å². The molecule has 0 saturated carbocycles. The second-order valence-electron chi connectivity index (χ2n) is 6.65. The Bertz CT molecular complexity index is 1180. The number of thiophene rings is 1. The van der Waals surface area contributed by atoms with Crippen LogP contribution in [0.2, 0.25) is 0 Å². The summed E-state index contributed by atoms with van der Waals surface area (Å²) in [6.45, 7) is 2.04. The van der Waals surface area contributed by atoms with Gasteiger partial charge in [-0.15, -0.1) is 11.3 Å². The number of fused-ring (bicyclic) bond motifs is 1. The third-order valence-corrected chi connectivity index (χ3v) is 5.60. The summed E-state index contributed by atoms with van der Waals surface area (Å²) in [6.07, 6.45) is -2.91. The molecule has 0 amide bonds. The lowest BCUT2D eigenvalue weighted by Crippen LogP contribution is -2.04. The predicted octanol–water partition coefficient (Wildman–Crippen LogP) is 7.04. The van der Waals surface area contributed by atoms with Crippen molar-refractivity contribution in [2.75, 3.05) is 12.4 Å². The summed E-state index contributed by atoms with van der Waals surface area (Å²) in [5.74, 6) is 0.689. The van der Waals surface area contributed by atoms with Gasteiger partial charge in [-0.2, -0.15) is 13.2 Å². The fourth-order valence-corrected chi connectivity index (χ4v) is 3.99. The average Bonchev–Trinajstić information content (AvgIpc) is 3.13. The van der Waals surface area contributed by atoms with Crippen LogP contribution in [-0.4, -0.2) is 12.1 Å². The lowest BCUT2D eigenvalue weighted by atomic mass is 10.1. The van der Waals surface area contributed by atoms with E-state index in [1.807, 2.05) is 25.1 Å². The Labute approximate surface area is 169 Å². The third kappa shape index (κ3) is 4.05. The molecule has 148 valence electrons. The Kier molecular flexibility index (Phi) is 4.92. The summed E-state index contributed by atoms with van der Waals surface area (Å²) in [6, 6.07) is 13.2. The monoisotopic (exact) mass is 414 g/mol. The lowest BCUT2D eigenvalue weighted by molar-refractivity contribution is -0.137. The molecule has 0 atom stereocenters. The predicted molar refractivity (Wildman–Crippen MR) is 111 cm³/mol. The molecule has 2 aromatic carbocycles. The smallest absolute Gasteiger partial charge is 0.416 e. The zero-order chi connectivity index (χ0) is 20.6. The first kappa shape index (κ1) is 19.3. The molecule has 0 bridgehead atoms. The van der Waals surface area contributed by atoms with Gasteiger partial charge >= 0.3 is 6.18 Å². The number of methoxy groups -OCH3 is 1. The van der Waals surface area contributed by atoms with Gasteiger partial charge in [-0.1, -0.05) is 6.07 Å². The molecule has 0 radical (unpaired) electrons. The molecule has 7 heteroatoms. The molecule has 3 nitrogen and oxygen atoms in total. The molecule has 2 heterocycles. The number of aryl methyl sites for hydroxylation is 1. The SMILES string of the molecule is COc1cc(Nc2ccnc3cc(C(F)(F)F)ccc23)cc(-c2cc(C)cs2)c1. The summed E-state index contributed by atoms with van der Waals surface area (Å²) in [5, 5.41) is 5.99. The molecule has 4 rings (SSSR count). The van der Waals surface area contributed by atoms with E-state index >= 15 is 0 Å². The largest absolute Gasteiger partial charge is 0.497 e. The lowest BCUT2D eigenvalue weighted by Gasteiger charge is -2.13. The van der Waals surface area contributed by atoms with Crippen molar-refractivity contribution in [2.24, 2.45) is 0 Å². The minimum atomic E-state index is -4.40. The molecule has 0 aliphatic heterocycles. The number of halogens is 3. The van der Waals surface area contributed by atoms with Crippen LogP contribution in [0.4, 0.5) is 24.5 Å². The highest BCUT2D eigenvalue weighted by Crippen LogP contribution is 2.36. The van der Waals surface area contributed by atoms with E-state index in [1.165, 1.54) is 17.8 Å². The number of alkyl halides is 3. The number of hydrogen-bond acceptors (Lipinski definition) is 4. The van der Waals surface area contributed by atoms with Gasteiger partial charge in [0, 0.05) is 33.9 Å². The maximum atomic E-state index is 13.0. The van der Waals surface area contributed by atoms with E-state index in [2.05, 4.69) is 21.7 Å². The number of hydrogen-bond donors (Lipinski definition) is 1. The maximum absolute atomic E-state index is 13.0. The van der Waals surface area contributed by atoms with Gasteiger partial charge in [0.2, 0.25) is 0 Å². The Hall–Kier alpha value is -3.06. The second kappa shape index (κ2) is 7.40. The minimum absolute atomic E-state index is 0.279. The number of anilines is 2. The molecule has 1 N–H and O–H groups in total. The van der Waals surface area contributed by atoms with Crippen molar-refractivity contribution in [1.82, 2.24) is 4.98 Å². The van der Waals surface area contributed by atoms with Crippen LogP contribution in [0.5, 0.6) is 5.75 Å². The van der Waals surface area contributed by atoms with Crippen molar-refractivity contribution in [3.63, 3.8) is 0 Å². The zero-order valence-electron chi connectivity index (χ0n) is 15.7. The number of pyridine rings is 1. The molecular formula is C22H17F3N2OS. The maximum Gasteiger partial charge on any atom is 0.416 e. The minimum Gasteiger partial charge on any atom is -0.497 e. The molecule has 0 fully saturated rings. The van der Waals surface area contributed by atoms with Crippen LogP contribution in [-0.2, 0) is 6.18 Å². The summed E-state index contributed by atoms with van der Waals surface area (Å²) >= 11 is 1.64. The van der Waals surface area contributed by atoms with Gasteiger partial charge in [-0.25, -0.2) is 0 Å². The number of rotatable bonds is 4. The van der Waals surface area contributed by atoms with E-state index in [1.54, 1.807) is 24.5 Å². The van der Waals surface area contributed by atoms with Crippen LogP contribution >= 0.6 is 11.3 Å². The molecule has 29 heavy (non-hydrogen) atoms. The first-order chi connectivity index (χ1) is 13.8. The van der Waals surface area contributed by atoms with Gasteiger partial charge in [0.05, 0.1) is 18.2 Å². The number of nitrogens with one attached hydrogen (secondary N) is 1. The number of benzene rings is 2.